The van der Waals surface area contributed by atoms with Crippen molar-refractivity contribution in [3.05, 3.63) is 58.6 Å². The van der Waals surface area contributed by atoms with Crippen molar-refractivity contribution in [2.24, 2.45) is 5.73 Å². The van der Waals surface area contributed by atoms with Gasteiger partial charge in [-0.2, -0.15) is 0 Å². The number of aryl methyl sites for hydroxylation is 1. The van der Waals surface area contributed by atoms with Crippen LogP contribution in [-0.2, 0) is 6.42 Å². The maximum Gasteiger partial charge on any atom is 0.0406 e. The lowest BCUT2D eigenvalue weighted by Gasteiger charge is -2.11. The summed E-state index contributed by atoms with van der Waals surface area (Å²) in [7, 11) is 0. The van der Waals surface area contributed by atoms with Gasteiger partial charge in [0.2, 0.25) is 0 Å². The fraction of sp³-hybridized carbons (Fsp3) is 0.294. The second-order valence-electron chi connectivity index (χ2n) is 5.03. The summed E-state index contributed by atoms with van der Waals surface area (Å²) in [5, 5.41) is 0.773. The van der Waals surface area contributed by atoms with E-state index in [0.29, 0.717) is 0 Å². The quantitative estimate of drug-likeness (QED) is 0.833. The number of rotatable bonds is 5. The van der Waals surface area contributed by atoms with Crippen LogP contribution in [0.15, 0.2) is 52.3 Å². The molecule has 0 radical (unpaired) electrons. The summed E-state index contributed by atoms with van der Waals surface area (Å²) in [4.78, 5) is 2.48. The first-order valence-corrected chi connectivity index (χ1v) is 8.06. The zero-order valence-electron chi connectivity index (χ0n) is 11.9. The van der Waals surface area contributed by atoms with Crippen molar-refractivity contribution in [3.63, 3.8) is 0 Å². The van der Waals surface area contributed by atoms with E-state index in [4.69, 9.17) is 17.3 Å². The van der Waals surface area contributed by atoms with Crippen LogP contribution in [0.4, 0.5) is 0 Å². The molecule has 0 fully saturated rings. The highest BCUT2D eigenvalue weighted by Crippen LogP contribution is 2.31. The summed E-state index contributed by atoms with van der Waals surface area (Å²) < 4.78 is 0. The van der Waals surface area contributed by atoms with E-state index < -0.39 is 0 Å². The molecule has 2 N–H and O–H groups in total. The molecule has 2 aromatic carbocycles. The van der Waals surface area contributed by atoms with Crippen LogP contribution in [0.2, 0.25) is 5.02 Å². The second-order valence-corrected chi connectivity index (χ2v) is 6.58. The Morgan fingerprint density at radius 3 is 2.45 bits per heavy atom. The van der Waals surface area contributed by atoms with Gasteiger partial charge < -0.3 is 5.73 Å². The van der Waals surface area contributed by atoms with E-state index in [2.05, 4.69) is 32.0 Å². The molecule has 2 aromatic rings. The van der Waals surface area contributed by atoms with Gasteiger partial charge in [0.05, 0.1) is 0 Å². The smallest absolute Gasteiger partial charge is 0.0406 e. The molecule has 0 aliphatic carbocycles. The van der Waals surface area contributed by atoms with Crippen LogP contribution >= 0.6 is 23.4 Å². The zero-order chi connectivity index (χ0) is 14.5. The van der Waals surface area contributed by atoms with Crippen molar-refractivity contribution in [2.75, 3.05) is 0 Å². The van der Waals surface area contributed by atoms with E-state index in [1.54, 1.807) is 11.8 Å². The van der Waals surface area contributed by atoms with Crippen molar-refractivity contribution < 1.29 is 0 Å². The normalized spacial score (nSPS) is 12.4. The standard InChI is InChI=1S/C17H20ClNS/c1-3-15(19)11-13-4-9-17(12(2)10-13)20-16-7-5-14(18)6-8-16/h4-10,15H,3,11,19H2,1-2H3. The molecule has 20 heavy (non-hydrogen) atoms. The average molecular weight is 306 g/mol. The SMILES string of the molecule is CCC(N)Cc1ccc(Sc2ccc(Cl)cc2)c(C)c1. The molecule has 0 saturated heterocycles. The molecule has 0 bridgehead atoms. The molecule has 0 spiro atoms. The monoisotopic (exact) mass is 305 g/mol. The van der Waals surface area contributed by atoms with E-state index in [-0.39, 0.29) is 6.04 Å². The lowest BCUT2D eigenvalue weighted by Crippen LogP contribution is -2.21. The lowest BCUT2D eigenvalue weighted by atomic mass is 10.0. The van der Waals surface area contributed by atoms with Crippen molar-refractivity contribution in [2.45, 2.75) is 42.5 Å². The Bertz CT molecular complexity index is 566. The molecule has 0 aliphatic rings. The van der Waals surface area contributed by atoms with Gasteiger partial charge in [-0.05, 0) is 61.2 Å². The molecule has 3 heteroatoms. The maximum atomic E-state index is 6.01. The van der Waals surface area contributed by atoms with E-state index in [9.17, 15) is 0 Å². The van der Waals surface area contributed by atoms with Crippen molar-refractivity contribution in [1.82, 2.24) is 0 Å². The molecule has 0 aromatic heterocycles. The summed E-state index contributed by atoms with van der Waals surface area (Å²) in [5.41, 5.74) is 8.63. The van der Waals surface area contributed by atoms with Gasteiger partial charge in [0.1, 0.15) is 0 Å². The third-order valence-electron chi connectivity index (χ3n) is 3.30. The highest BCUT2D eigenvalue weighted by Gasteiger charge is 2.05. The number of hydrogen-bond donors (Lipinski definition) is 1. The van der Waals surface area contributed by atoms with Gasteiger partial charge in [0, 0.05) is 20.9 Å². The molecule has 0 aliphatic heterocycles. The van der Waals surface area contributed by atoms with Crippen LogP contribution in [0, 0.1) is 6.92 Å². The Balaban J connectivity index is 2.11. The van der Waals surface area contributed by atoms with Gasteiger partial charge in [0.15, 0.2) is 0 Å². The average Bonchev–Trinajstić information content (AvgIpc) is 2.44. The second kappa shape index (κ2) is 7.16. The predicted molar refractivity (Wildman–Crippen MR) is 88.7 cm³/mol. The van der Waals surface area contributed by atoms with Gasteiger partial charge in [-0.15, -0.1) is 0 Å². The van der Waals surface area contributed by atoms with Crippen molar-refractivity contribution in [1.29, 1.82) is 0 Å². The van der Waals surface area contributed by atoms with Gasteiger partial charge in [-0.1, -0.05) is 42.4 Å². The molecule has 0 amide bonds. The number of hydrogen-bond acceptors (Lipinski definition) is 2. The molecular formula is C17H20ClNS. The van der Waals surface area contributed by atoms with Gasteiger partial charge in [-0.3, -0.25) is 0 Å². The third kappa shape index (κ3) is 4.27. The fourth-order valence-electron chi connectivity index (χ4n) is 2.03. The first kappa shape index (κ1) is 15.4. The number of nitrogens with two attached hydrogens (primary N) is 1. The topological polar surface area (TPSA) is 26.0 Å². The van der Waals surface area contributed by atoms with Crippen LogP contribution in [0.3, 0.4) is 0 Å². The van der Waals surface area contributed by atoms with Crippen LogP contribution in [-0.4, -0.2) is 6.04 Å². The van der Waals surface area contributed by atoms with E-state index in [0.717, 1.165) is 17.9 Å². The third-order valence-corrected chi connectivity index (χ3v) is 4.74. The Labute approximate surface area is 130 Å². The van der Waals surface area contributed by atoms with Crippen molar-refractivity contribution in [3.8, 4) is 0 Å². The Hall–Kier alpha value is -0.960. The first-order valence-electron chi connectivity index (χ1n) is 6.87. The molecule has 0 saturated carbocycles. The van der Waals surface area contributed by atoms with Crippen LogP contribution in [0.25, 0.3) is 0 Å². The molecule has 106 valence electrons. The first-order chi connectivity index (χ1) is 9.58. The minimum atomic E-state index is 0.254. The van der Waals surface area contributed by atoms with Gasteiger partial charge in [-0.25, -0.2) is 0 Å². The Kier molecular flexibility index (Phi) is 5.53. The molecule has 2 rings (SSSR count). The molecular weight excluding hydrogens is 286 g/mol. The summed E-state index contributed by atoms with van der Waals surface area (Å²) >= 11 is 7.67. The lowest BCUT2D eigenvalue weighted by molar-refractivity contribution is 0.646. The molecule has 1 nitrogen and oxygen atoms in total. The number of halogens is 1. The molecule has 0 heterocycles. The minimum absolute atomic E-state index is 0.254. The van der Waals surface area contributed by atoms with Crippen LogP contribution in [0.5, 0.6) is 0 Å². The van der Waals surface area contributed by atoms with Gasteiger partial charge >= 0.3 is 0 Å². The summed E-state index contributed by atoms with van der Waals surface area (Å²) in [6, 6.07) is 14.8. The van der Waals surface area contributed by atoms with Crippen molar-refractivity contribution >= 4 is 23.4 Å². The van der Waals surface area contributed by atoms with Crippen LogP contribution in [0.1, 0.15) is 24.5 Å². The Morgan fingerprint density at radius 2 is 1.85 bits per heavy atom. The highest BCUT2D eigenvalue weighted by molar-refractivity contribution is 7.99. The number of benzene rings is 2. The summed E-state index contributed by atoms with van der Waals surface area (Å²) in [5.74, 6) is 0. The van der Waals surface area contributed by atoms with E-state index >= 15 is 0 Å². The Morgan fingerprint density at radius 1 is 1.15 bits per heavy atom. The maximum absolute atomic E-state index is 6.01. The van der Waals surface area contributed by atoms with E-state index in [1.165, 1.54) is 20.9 Å². The summed E-state index contributed by atoms with van der Waals surface area (Å²) in [6.07, 6.45) is 1.96. The van der Waals surface area contributed by atoms with E-state index in [1.807, 2.05) is 24.3 Å². The zero-order valence-corrected chi connectivity index (χ0v) is 13.5. The fourth-order valence-corrected chi connectivity index (χ4v) is 3.04. The minimum Gasteiger partial charge on any atom is -0.327 e. The van der Waals surface area contributed by atoms with Crippen LogP contribution < -0.4 is 5.73 Å². The highest BCUT2D eigenvalue weighted by atomic mass is 35.5. The molecule has 1 atom stereocenters. The largest absolute Gasteiger partial charge is 0.327 e. The molecule has 1 unspecified atom stereocenters. The van der Waals surface area contributed by atoms with Gasteiger partial charge in [0.25, 0.3) is 0 Å². The predicted octanol–water partition coefficient (Wildman–Crippen LogP) is 5.08. The summed E-state index contributed by atoms with van der Waals surface area (Å²) in [6.45, 7) is 4.28.